The first-order valence-electron chi connectivity index (χ1n) is 10.4. The van der Waals surface area contributed by atoms with Gasteiger partial charge in [0.2, 0.25) is 0 Å². The molecule has 33 heavy (non-hydrogen) atoms. The van der Waals surface area contributed by atoms with Gasteiger partial charge in [0.05, 0.1) is 34.1 Å². The Hall–Kier alpha value is -3.14. The van der Waals surface area contributed by atoms with E-state index in [2.05, 4.69) is 27.2 Å². The fourth-order valence-electron chi connectivity index (χ4n) is 2.98. The highest BCUT2D eigenvalue weighted by Gasteiger charge is 2.16. The second-order valence-corrected chi connectivity index (χ2v) is 8.43. The molecule has 0 spiro atoms. The third-order valence-corrected chi connectivity index (χ3v) is 5.88. The van der Waals surface area contributed by atoms with Gasteiger partial charge in [0, 0.05) is 37.8 Å². The molecule has 1 N–H and O–H groups in total. The molecule has 0 amide bonds. The van der Waals surface area contributed by atoms with Crippen molar-refractivity contribution in [2.75, 3.05) is 32.2 Å². The highest BCUT2D eigenvalue weighted by molar-refractivity contribution is 7.18. The second kappa shape index (κ2) is 11.1. The topological polar surface area (TPSA) is 94.9 Å². The fraction of sp³-hybridized carbons (Fsp3) is 0.261. The first-order valence-corrected chi connectivity index (χ1v) is 11.6. The molecular formula is C23H23ClN6O2S. The van der Waals surface area contributed by atoms with Gasteiger partial charge < -0.3 is 14.8 Å². The van der Waals surface area contributed by atoms with Gasteiger partial charge in [-0.25, -0.2) is 19.9 Å². The van der Waals surface area contributed by atoms with Crippen LogP contribution < -0.4 is 10.1 Å². The van der Waals surface area contributed by atoms with Crippen LogP contribution in [-0.4, -0.2) is 51.8 Å². The lowest BCUT2D eigenvalue weighted by molar-refractivity contribution is 0.146. The zero-order chi connectivity index (χ0) is 23.0. The first kappa shape index (κ1) is 23.0. The number of nitrogens with zero attached hydrogens (tertiary/aromatic N) is 5. The van der Waals surface area contributed by atoms with E-state index in [0.29, 0.717) is 41.2 Å². The molecule has 3 aromatic heterocycles. The Labute approximate surface area is 201 Å². The zero-order valence-electron chi connectivity index (χ0n) is 18.3. The molecule has 170 valence electrons. The minimum Gasteiger partial charge on any atom is -0.491 e. The Morgan fingerprint density at radius 1 is 1.00 bits per heavy atom. The summed E-state index contributed by atoms with van der Waals surface area (Å²) in [6.07, 6.45) is 7.68. The van der Waals surface area contributed by atoms with Crippen LogP contribution in [0.3, 0.4) is 0 Å². The molecular weight excluding hydrogens is 460 g/mol. The lowest BCUT2D eigenvalue weighted by Gasteiger charge is -2.11. The zero-order valence-corrected chi connectivity index (χ0v) is 19.9. The number of hydrogen-bond acceptors (Lipinski definition) is 9. The van der Waals surface area contributed by atoms with Crippen molar-refractivity contribution >= 4 is 28.1 Å². The Bertz CT molecular complexity index is 1200. The van der Waals surface area contributed by atoms with Crippen molar-refractivity contribution in [1.82, 2.24) is 24.9 Å². The SMILES string of the molecule is CCCNc1ncc(-c2cc(-c3cc(OCCOC)ccc3Cl)nc(-c3cnccn3)n2)s1. The lowest BCUT2D eigenvalue weighted by atomic mass is 10.1. The van der Waals surface area contributed by atoms with Crippen molar-refractivity contribution in [2.45, 2.75) is 13.3 Å². The summed E-state index contributed by atoms with van der Waals surface area (Å²) in [5, 5.41) is 4.71. The van der Waals surface area contributed by atoms with E-state index in [1.807, 2.05) is 18.2 Å². The highest BCUT2D eigenvalue weighted by Crippen LogP contribution is 2.35. The normalized spacial score (nSPS) is 10.9. The number of rotatable bonds is 10. The molecule has 0 fully saturated rings. The third-order valence-electron chi connectivity index (χ3n) is 4.57. The molecule has 0 bridgehead atoms. The number of hydrogen-bond donors (Lipinski definition) is 1. The van der Waals surface area contributed by atoms with E-state index in [4.69, 9.17) is 31.0 Å². The summed E-state index contributed by atoms with van der Waals surface area (Å²) in [5.41, 5.74) is 2.68. The minimum atomic E-state index is 0.436. The maximum atomic E-state index is 6.56. The van der Waals surface area contributed by atoms with Gasteiger partial charge in [-0.3, -0.25) is 4.98 Å². The fourth-order valence-corrected chi connectivity index (χ4v) is 4.00. The smallest absolute Gasteiger partial charge is 0.183 e. The monoisotopic (exact) mass is 482 g/mol. The number of benzene rings is 1. The largest absolute Gasteiger partial charge is 0.491 e. The maximum Gasteiger partial charge on any atom is 0.183 e. The van der Waals surface area contributed by atoms with E-state index in [1.165, 1.54) is 11.3 Å². The summed E-state index contributed by atoms with van der Waals surface area (Å²) in [6, 6.07) is 7.38. The van der Waals surface area contributed by atoms with Gasteiger partial charge in [-0.15, -0.1) is 0 Å². The van der Waals surface area contributed by atoms with E-state index >= 15 is 0 Å². The van der Waals surface area contributed by atoms with Crippen LogP contribution in [0.15, 0.2) is 49.1 Å². The molecule has 4 rings (SSSR count). The number of halogens is 1. The third kappa shape index (κ3) is 5.81. The molecule has 1 aromatic carbocycles. The number of methoxy groups -OCH3 is 1. The molecule has 0 saturated heterocycles. The summed E-state index contributed by atoms with van der Waals surface area (Å²) >= 11 is 8.10. The number of aromatic nitrogens is 5. The van der Waals surface area contributed by atoms with Crippen molar-refractivity contribution in [3.63, 3.8) is 0 Å². The molecule has 0 saturated carbocycles. The summed E-state index contributed by atoms with van der Waals surface area (Å²) in [6.45, 7) is 3.90. The predicted octanol–water partition coefficient (Wildman–Crippen LogP) is 5.22. The molecule has 8 nitrogen and oxygen atoms in total. The summed E-state index contributed by atoms with van der Waals surface area (Å²) < 4.78 is 10.8. The van der Waals surface area contributed by atoms with Gasteiger partial charge in [0.1, 0.15) is 18.1 Å². The van der Waals surface area contributed by atoms with Crippen LogP contribution in [0.4, 0.5) is 5.13 Å². The van der Waals surface area contributed by atoms with E-state index in [9.17, 15) is 0 Å². The van der Waals surface area contributed by atoms with Crippen LogP contribution >= 0.6 is 22.9 Å². The number of ether oxygens (including phenoxy) is 2. The Morgan fingerprint density at radius 3 is 2.67 bits per heavy atom. The molecule has 0 atom stereocenters. The quantitative estimate of drug-likeness (QED) is 0.307. The number of nitrogens with one attached hydrogen (secondary N) is 1. The molecule has 10 heteroatoms. The Balaban J connectivity index is 1.77. The van der Waals surface area contributed by atoms with Crippen LogP contribution in [0.1, 0.15) is 13.3 Å². The van der Waals surface area contributed by atoms with E-state index in [0.717, 1.165) is 34.2 Å². The van der Waals surface area contributed by atoms with Gasteiger partial charge in [-0.1, -0.05) is 29.9 Å². The predicted molar refractivity (Wildman–Crippen MR) is 131 cm³/mol. The highest BCUT2D eigenvalue weighted by atomic mass is 35.5. The van der Waals surface area contributed by atoms with Crippen LogP contribution in [-0.2, 0) is 4.74 Å². The summed E-state index contributed by atoms with van der Waals surface area (Å²) in [5.74, 6) is 1.13. The van der Waals surface area contributed by atoms with Crippen LogP contribution in [0, 0.1) is 0 Å². The molecule has 0 aliphatic heterocycles. The molecule has 0 radical (unpaired) electrons. The molecule has 0 aliphatic rings. The van der Waals surface area contributed by atoms with Crippen molar-refractivity contribution in [3.8, 4) is 39.1 Å². The van der Waals surface area contributed by atoms with Gasteiger partial charge >= 0.3 is 0 Å². The van der Waals surface area contributed by atoms with Crippen molar-refractivity contribution in [1.29, 1.82) is 0 Å². The van der Waals surface area contributed by atoms with E-state index in [1.54, 1.807) is 38.0 Å². The van der Waals surface area contributed by atoms with E-state index in [-0.39, 0.29) is 0 Å². The average Bonchev–Trinajstić information content (AvgIpc) is 3.33. The number of thiazole rings is 1. The van der Waals surface area contributed by atoms with Gasteiger partial charge in [0.25, 0.3) is 0 Å². The van der Waals surface area contributed by atoms with Crippen LogP contribution in [0.25, 0.3) is 33.3 Å². The van der Waals surface area contributed by atoms with Gasteiger partial charge in [-0.05, 0) is 30.7 Å². The minimum absolute atomic E-state index is 0.436. The molecule has 0 aliphatic carbocycles. The Morgan fingerprint density at radius 2 is 1.88 bits per heavy atom. The van der Waals surface area contributed by atoms with E-state index < -0.39 is 0 Å². The lowest BCUT2D eigenvalue weighted by Crippen LogP contribution is -2.04. The summed E-state index contributed by atoms with van der Waals surface area (Å²) in [4.78, 5) is 23.4. The molecule has 3 heterocycles. The van der Waals surface area contributed by atoms with Crippen LogP contribution in [0.2, 0.25) is 5.02 Å². The molecule has 0 unspecified atom stereocenters. The number of anilines is 1. The van der Waals surface area contributed by atoms with Gasteiger partial charge in [-0.2, -0.15) is 0 Å². The summed E-state index contributed by atoms with van der Waals surface area (Å²) in [7, 11) is 1.63. The average molecular weight is 483 g/mol. The Kier molecular flexibility index (Phi) is 7.77. The van der Waals surface area contributed by atoms with Gasteiger partial charge in [0.15, 0.2) is 11.0 Å². The maximum absolute atomic E-state index is 6.56. The standard InChI is InChI=1S/C23H23ClN6O2S/c1-3-6-27-23-28-14-21(33-23)19-12-18(29-22(30-19)20-13-25-7-8-26-20)16-11-15(4-5-17(16)24)32-10-9-31-2/h4-5,7-8,11-14H,3,6,9-10H2,1-2H3,(H,27,28). The van der Waals surface area contributed by atoms with Crippen molar-refractivity contribution < 1.29 is 9.47 Å². The van der Waals surface area contributed by atoms with Crippen molar-refractivity contribution in [2.24, 2.45) is 0 Å². The van der Waals surface area contributed by atoms with Crippen LogP contribution in [0.5, 0.6) is 5.75 Å². The second-order valence-electron chi connectivity index (χ2n) is 6.99. The molecule has 4 aromatic rings. The van der Waals surface area contributed by atoms with Crippen molar-refractivity contribution in [3.05, 3.63) is 54.1 Å². The first-order chi connectivity index (χ1) is 16.2.